The minimum absolute atomic E-state index is 0. The fourth-order valence-electron chi connectivity index (χ4n) is 2.93. The Kier molecular flexibility index (Phi) is 10.2. The van der Waals surface area contributed by atoms with Gasteiger partial charge in [-0.3, -0.25) is 0 Å². The zero-order valence-electron chi connectivity index (χ0n) is 15.6. The summed E-state index contributed by atoms with van der Waals surface area (Å²) in [6, 6.07) is 19.4. The number of hydrogen-bond acceptors (Lipinski definition) is 3. The lowest BCUT2D eigenvalue weighted by molar-refractivity contribution is 0.296. The largest absolute Gasteiger partial charge is 0.497 e. The van der Waals surface area contributed by atoms with Crippen molar-refractivity contribution in [3.8, 4) is 5.75 Å². The molecule has 2 rings (SSSR count). The van der Waals surface area contributed by atoms with E-state index in [1.54, 1.807) is 7.11 Å². The van der Waals surface area contributed by atoms with E-state index in [9.17, 15) is 0 Å². The lowest BCUT2D eigenvalue weighted by Gasteiger charge is -2.23. The van der Waals surface area contributed by atoms with Crippen molar-refractivity contribution in [3.05, 3.63) is 65.7 Å². The monoisotopic (exact) mass is 362 g/mol. The predicted octanol–water partition coefficient (Wildman–Crippen LogP) is 4.33. The van der Waals surface area contributed by atoms with Crippen LogP contribution in [0.1, 0.15) is 31.0 Å². The van der Waals surface area contributed by atoms with Crippen molar-refractivity contribution in [1.82, 2.24) is 10.2 Å². The second-order valence-corrected chi connectivity index (χ2v) is 6.00. The molecule has 138 valence electrons. The van der Waals surface area contributed by atoms with E-state index < -0.39 is 0 Å². The maximum Gasteiger partial charge on any atom is 0.118 e. The summed E-state index contributed by atoms with van der Waals surface area (Å²) in [6.07, 6.45) is 0.991. The molecule has 0 bridgehead atoms. The predicted molar refractivity (Wildman–Crippen MR) is 109 cm³/mol. The third kappa shape index (κ3) is 7.07. The maximum absolute atomic E-state index is 5.28. The van der Waals surface area contributed by atoms with Gasteiger partial charge in [0.05, 0.1) is 7.11 Å². The van der Waals surface area contributed by atoms with Crippen LogP contribution in [0.3, 0.4) is 0 Å². The first-order valence-electron chi connectivity index (χ1n) is 8.90. The zero-order valence-corrected chi connectivity index (χ0v) is 16.4. The lowest BCUT2D eigenvalue weighted by Crippen LogP contribution is -2.34. The van der Waals surface area contributed by atoms with E-state index in [0.29, 0.717) is 6.04 Å². The first-order valence-corrected chi connectivity index (χ1v) is 8.90. The van der Waals surface area contributed by atoms with Gasteiger partial charge in [0.1, 0.15) is 5.75 Å². The minimum atomic E-state index is 0. The third-order valence-electron chi connectivity index (χ3n) is 4.51. The van der Waals surface area contributed by atoms with Crippen LogP contribution in [0.4, 0.5) is 0 Å². The number of halogens is 1. The molecule has 0 aliphatic rings. The van der Waals surface area contributed by atoms with Crippen LogP contribution in [-0.2, 0) is 6.42 Å². The van der Waals surface area contributed by atoms with E-state index in [1.165, 1.54) is 11.1 Å². The van der Waals surface area contributed by atoms with Gasteiger partial charge in [-0.15, -0.1) is 12.4 Å². The molecule has 0 fully saturated rings. The van der Waals surface area contributed by atoms with Crippen LogP contribution in [0, 0.1) is 0 Å². The van der Waals surface area contributed by atoms with Crippen LogP contribution in [0.5, 0.6) is 5.75 Å². The molecule has 25 heavy (non-hydrogen) atoms. The maximum atomic E-state index is 5.28. The highest BCUT2D eigenvalue weighted by Crippen LogP contribution is 2.21. The third-order valence-corrected chi connectivity index (χ3v) is 4.51. The molecule has 0 aliphatic heterocycles. The van der Waals surface area contributed by atoms with E-state index in [4.69, 9.17) is 4.74 Å². The number of methoxy groups -OCH3 is 1. The number of benzene rings is 2. The SMILES string of the molecule is CCN(CC)CCNC(Cc1ccccc1)c1ccc(OC)cc1.Cl. The highest BCUT2D eigenvalue weighted by molar-refractivity contribution is 5.85. The topological polar surface area (TPSA) is 24.5 Å². The fourth-order valence-corrected chi connectivity index (χ4v) is 2.93. The molecule has 0 aliphatic carbocycles. The molecule has 0 radical (unpaired) electrons. The van der Waals surface area contributed by atoms with Gasteiger partial charge in [0.25, 0.3) is 0 Å². The molecule has 0 heterocycles. The Labute approximate surface area is 158 Å². The van der Waals surface area contributed by atoms with E-state index in [2.05, 4.69) is 66.5 Å². The van der Waals surface area contributed by atoms with Crippen molar-refractivity contribution in [2.45, 2.75) is 26.3 Å². The Morgan fingerprint density at radius 3 is 2.16 bits per heavy atom. The molecular weight excluding hydrogens is 332 g/mol. The van der Waals surface area contributed by atoms with Gasteiger partial charge in [-0.1, -0.05) is 56.3 Å². The molecule has 0 spiro atoms. The molecular formula is C21H31ClN2O. The Bertz CT molecular complexity index is 570. The number of hydrogen-bond donors (Lipinski definition) is 1. The molecule has 2 aromatic rings. The van der Waals surface area contributed by atoms with Gasteiger partial charge in [0.2, 0.25) is 0 Å². The van der Waals surface area contributed by atoms with Crippen LogP contribution < -0.4 is 10.1 Å². The van der Waals surface area contributed by atoms with Crippen molar-refractivity contribution in [1.29, 1.82) is 0 Å². The minimum Gasteiger partial charge on any atom is -0.497 e. The van der Waals surface area contributed by atoms with Crippen LogP contribution in [0.25, 0.3) is 0 Å². The second-order valence-electron chi connectivity index (χ2n) is 6.00. The van der Waals surface area contributed by atoms with Gasteiger partial charge in [0.15, 0.2) is 0 Å². The highest BCUT2D eigenvalue weighted by atomic mass is 35.5. The summed E-state index contributed by atoms with van der Waals surface area (Å²) in [5.74, 6) is 0.903. The molecule has 1 N–H and O–H groups in total. The summed E-state index contributed by atoms with van der Waals surface area (Å²) in [4.78, 5) is 2.45. The summed E-state index contributed by atoms with van der Waals surface area (Å²) < 4.78 is 5.28. The summed E-state index contributed by atoms with van der Waals surface area (Å²) in [5.41, 5.74) is 2.66. The van der Waals surface area contributed by atoms with Crippen molar-refractivity contribution in [3.63, 3.8) is 0 Å². The summed E-state index contributed by atoms with van der Waals surface area (Å²) >= 11 is 0. The molecule has 1 unspecified atom stereocenters. The quantitative estimate of drug-likeness (QED) is 0.680. The smallest absolute Gasteiger partial charge is 0.118 e. The fraction of sp³-hybridized carbons (Fsp3) is 0.429. The number of nitrogens with one attached hydrogen (secondary N) is 1. The average Bonchev–Trinajstić information content (AvgIpc) is 2.65. The van der Waals surface area contributed by atoms with E-state index >= 15 is 0 Å². The van der Waals surface area contributed by atoms with Gasteiger partial charge in [-0.25, -0.2) is 0 Å². The van der Waals surface area contributed by atoms with E-state index in [1.807, 2.05) is 12.1 Å². The number of likely N-dealkylation sites (N-methyl/N-ethyl adjacent to an activating group) is 1. The Morgan fingerprint density at radius 1 is 0.960 bits per heavy atom. The van der Waals surface area contributed by atoms with Crippen molar-refractivity contribution < 1.29 is 4.74 Å². The highest BCUT2D eigenvalue weighted by Gasteiger charge is 2.12. The second kappa shape index (κ2) is 11.9. The summed E-state index contributed by atoms with van der Waals surface area (Å²) in [6.45, 7) is 8.70. The Morgan fingerprint density at radius 2 is 1.60 bits per heavy atom. The number of rotatable bonds is 10. The van der Waals surface area contributed by atoms with Gasteiger partial charge in [-0.05, 0) is 42.8 Å². The summed E-state index contributed by atoms with van der Waals surface area (Å²) in [7, 11) is 1.71. The van der Waals surface area contributed by atoms with Gasteiger partial charge < -0.3 is 15.0 Å². The molecule has 0 saturated heterocycles. The molecule has 0 amide bonds. The average molecular weight is 363 g/mol. The molecule has 1 atom stereocenters. The lowest BCUT2D eigenvalue weighted by atomic mass is 9.98. The molecule has 4 heteroatoms. The van der Waals surface area contributed by atoms with Gasteiger partial charge in [0, 0.05) is 19.1 Å². The van der Waals surface area contributed by atoms with Crippen LogP contribution in [-0.4, -0.2) is 38.2 Å². The summed E-state index contributed by atoms with van der Waals surface area (Å²) in [5, 5.41) is 3.74. The van der Waals surface area contributed by atoms with Crippen LogP contribution in [0.15, 0.2) is 54.6 Å². The Balaban J connectivity index is 0.00000312. The molecule has 2 aromatic carbocycles. The van der Waals surface area contributed by atoms with Crippen LogP contribution in [0.2, 0.25) is 0 Å². The van der Waals surface area contributed by atoms with Crippen molar-refractivity contribution in [2.75, 3.05) is 33.3 Å². The van der Waals surface area contributed by atoms with Gasteiger partial charge in [-0.2, -0.15) is 0 Å². The number of ether oxygens (including phenoxy) is 1. The normalized spacial score (nSPS) is 11.8. The van der Waals surface area contributed by atoms with E-state index in [0.717, 1.165) is 38.3 Å². The first kappa shape index (κ1) is 21.5. The molecule has 0 aromatic heterocycles. The number of nitrogens with zero attached hydrogens (tertiary/aromatic N) is 1. The first-order chi connectivity index (χ1) is 11.8. The molecule has 0 saturated carbocycles. The standard InChI is InChI=1S/C21H30N2O.ClH/c1-4-23(5-2)16-15-22-21(17-18-9-7-6-8-10-18)19-11-13-20(24-3)14-12-19;/h6-14,21-22H,4-5,15-17H2,1-3H3;1H. The van der Waals surface area contributed by atoms with Crippen molar-refractivity contribution >= 4 is 12.4 Å². The Hall–Kier alpha value is -1.55. The zero-order chi connectivity index (χ0) is 17.2. The van der Waals surface area contributed by atoms with Crippen LogP contribution >= 0.6 is 12.4 Å². The van der Waals surface area contributed by atoms with Gasteiger partial charge >= 0.3 is 0 Å². The molecule has 3 nitrogen and oxygen atoms in total. The van der Waals surface area contributed by atoms with E-state index in [-0.39, 0.29) is 12.4 Å². The van der Waals surface area contributed by atoms with Crippen molar-refractivity contribution in [2.24, 2.45) is 0 Å².